The van der Waals surface area contributed by atoms with Gasteiger partial charge in [0.2, 0.25) is 5.75 Å². The van der Waals surface area contributed by atoms with Crippen molar-refractivity contribution in [2.75, 3.05) is 21.3 Å². The van der Waals surface area contributed by atoms with Crippen LogP contribution in [0.15, 0.2) is 16.9 Å². The van der Waals surface area contributed by atoms with Crippen LogP contribution in [0, 0.1) is 11.3 Å². The Balaban J connectivity index is 3.04. The third kappa shape index (κ3) is 1.84. The van der Waals surface area contributed by atoms with Gasteiger partial charge in [-0.2, -0.15) is 5.26 Å². The molecule has 1 heterocycles. The molecule has 20 heavy (non-hydrogen) atoms. The number of aromatic nitrogens is 1. The fourth-order valence-corrected chi connectivity index (χ4v) is 2.16. The maximum atomic E-state index is 12.0. The SMILES string of the molecule is COc1cc2c(cc(C#N)c(=O)n2C)c(OC)c1OC. The Bertz CT molecular complexity index is 772. The molecule has 0 amide bonds. The van der Waals surface area contributed by atoms with Gasteiger partial charge in [0, 0.05) is 18.5 Å². The Kier molecular flexibility index (Phi) is 3.53. The first-order valence-electron chi connectivity index (χ1n) is 5.81. The third-order valence-corrected chi connectivity index (χ3v) is 3.15. The minimum Gasteiger partial charge on any atom is -0.493 e. The lowest BCUT2D eigenvalue weighted by atomic mass is 10.1. The van der Waals surface area contributed by atoms with Gasteiger partial charge in [-0.25, -0.2) is 0 Å². The Labute approximate surface area is 115 Å². The van der Waals surface area contributed by atoms with Crippen LogP contribution >= 0.6 is 0 Å². The van der Waals surface area contributed by atoms with Crippen LogP contribution in [0.2, 0.25) is 0 Å². The van der Waals surface area contributed by atoms with Crippen molar-refractivity contribution >= 4 is 10.9 Å². The molecule has 0 aliphatic rings. The van der Waals surface area contributed by atoms with Gasteiger partial charge < -0.3 is 18.8 Å². The first-order valence-corrected chi connectivity index (χ1v) is 5.81. The molecule has 0 aliphatic carbocycles. The average molecular weight is 274 g/mol. The van der Waals surface area contributed by atoms with E-state index in [0.29, 0.717) is 28.2 Å². The highest BCUT2D eigenvalue weighted by molar-refractivity contribution is 5.91. The maximum absolute atomic E-state index is 12.0. The zero-order valence-corrected chi connectivity index (χ0v) is 11.7. The molecule has 104 valence electrons. The Morgan fingerprint density at radius 1 is 1.10 bits per heavy atom. The molecule has 0 N–H and O–H groups in total. The van der Waals surface area contributed by atoms with Crippen LogP contribution in [0.1, 0.15) is 5.56 Å². The van der Waals surface area contributed by atoms with Crippen LogP contribution in [-0.2, 0) is 7.05 Å². The van der Waals surface area contributed by atoms with Crippen LogP contribution in [0.3, 0.4) is 0 Å². The summed E-state index contributed by atoms with van der Waals surface area (Å²) in [5.41, 5.74) is 0.281. The van der Waals surface area contributed by atoms with E-state index < -0.39 is 0 Å². The average Bonchev–Trinajstić information content (AvgIpc) is 2.48. The van der Waals surface area contributed by atoms with Gasteiger partial charge in [-0.1, -0.05) is 0 Å². The van der Waals surface area contributed by atoms with Crippen molar-refractivity contribution in [2.45, 2.75) is 0 Å². The largest absolute Gasteiger partial charge is 0.493 e. The summed E-state index contributed by atoms with van der Waals surface area (Å²) in [5.74, 6) is 1.30. The quantitative estimate of drug-likeness (QED) is 0.846. The Morgan fingerprint density at radius 3 is 2.25 bits per heavy atom. The van der Waals surface area contributed by atoms with Crippen LogP contribution in [0.5, 0.6) is 17.2 Å². The van der Waals surface area contributed by atoms with Crippen LogP contribution in [-0.4, -0.2) is 25.9 Å². The highest BCUT2D eigenvalue weighted by Crippen LogP contribution is 2.42. The molecular formula is C14H14N2O4. The van der Waals surface area contributed by atoms with Crippen molar-refractivity contribution in [1.29, 1.82) is 5.26 Å². The second-order valence-corrected chi connectivity index (χ2v) is 4.11. The van der Waals surface area contributed by atoms with Crippen LogP contribution < -0.4 is 19.8 Å². The van der Waals surface area contributed by atoms with Crippen molar-refractivity contribution in [3.05, 3.63) is 28.0 Å². The molecule has 0 spiro atoms. The zero-order chi connectivity index (χ0) is 14.9. The van der Waals surface area contributed by atoms with E-state index in [2.05, 4.69) is 0 Å². The summed E-state index contributed by atoms with van der Waals surface area (Å²) in [6, 6.07) is 5.06. The van der Waals surface area contributed by atoms with Gasteiger partial charge in [0.25, 0.3) is 5.56 Å². The van der Waals surface area contributed by atoms with Gasteiger partial charge >= 0.3 is 0 Å². The number of nitriles is 1. The topological polar surface area (TPSA) is 73.5 Å². The number of ether oxygens (including phenoxy) is 3. The molecule has 2 aromatic rings. The molecule has 6 nitrogen and oxygen atoms in total. The summed E-state index contributed by atoms with van der Waals surface area (Å²) in [4.78, 5) is 12.0. The molecule has 0 saturated carbocycles. The normalized spacial score (nSPS) is 10.2. The van der Waals surface area contributed by atoms with E-state index in [1.54, 1.807) is 13.1 Å². The van der Waals surface area contributed by atoms with E-state index in [4.69, 9.17) is 19.5 Å². The van der Waals surface area contributed by atoms with Crippen molar-refractivity contribution in [2.24, 2.45) is 7.05 Å². The number of rotatable bonds is 3. The minimum absolute atomic E-state index is 0.0468. The van der Waals surface area contributed by atoms with Crippen molar-refractivity contribution in [3.63, 3.8) is 0 Å². The molecule has 1 aromatic carbocycles. The number of methoxy groups -OCH3 is 3. The Hall–Kier alpha value is -2.68. The molecule has 0 atom stereocenters. The van der Waals surface area contributed by atoms with E-state index in [0.717, 1.165) is 0 Å². The van der Waals surface area contributed by atoms with Gasteiger partial charge in [-0.15, -0.1) is 0 Å². The number of hydrogen-bond acceptors (Lipinski definition) is 5. The number of nitrogens with zero attached hydrogens (tertiary/aromatic N) is 2. The monoisotopic (exact) mass is 274 g/mol. The summed E-state index contributed by atoms with van der Waals surface area (Å²) in [5, 5.41) is 9.65. The number of pyridine rings is 1. The standard InChI is InChI=1S/C14H14N2O4/c1-16-10-6-11(18-2)13(20-4)12(19-3)9(10)5-8(7-15)14(16)17/h5-6H,1-4H3. The smallest absolute Gasteiger partial charge is 0.268 e. The minimum atomic E-state index is -0.366. The third-order valence-electron chi connectivity index (χ3n) is 3.15. The van der Waals surface area contributed by atoms with E-state index in [-0.39, 0.29) is 11.1 Å². The lowest BCUT2D eigenvalue weighted by molar-refractivity contribution is 0.327. The summed E-state index contributed by atoms with van der Waals surface area (Å²) in [6.45, 7) is 0. The molecule has 1 aromatic heterocycles. The number of benzene rings is 1. The van der Waals surface area contributed by atoms with Gasteiger partial charge in [0.05, 0.1) is 26.8 Å². The van der Waals surface area contributed by atoms with E-state index >= 15 is 0 Å². The Morgan fingerprint density at radius 2 is 1.75 bits per heavy atom. The molecule has 2 rings (SSSR count). The molecular weight excluding hydrogens is 260 g/mol. The van der Waals surface area contributed by atoms with Crippen molar-refractivity contribution < 1.29 is 14.2 Å². The number of hydrogen-bond donors (Lipinski definition) is 0. The molecule has 6 heteroatoms. The van der Waals surface area contributed by atoms with E-state index in [9.17, 15) is 4.79 Å². The molecule has 0 radical (unpaired) electrons. The summed E-state index contributed by atoms with van der Waals surface area (Å²) < 4.78 is 17.3. The van der Waals surface area contributed by atoms with Crippen LogP contribution in [0.25, 0.3) is 10.9 Å². The highest BCUT2D eigenvalue weighted by atomic mass is 16.5. The van der Waals surface area contributed by atoms with Gasteiger partial charge in [-0.3, -0.25) is 4.79 Å². The molecule has 0 bridgehead atoms. The molecule has 0 aliphatic heterocycles. The van der Waals surface area contributed by atoms with Gasteiger partial charge in [-0.05, 0) is 6.07 Å². The summed E-state index contributed by atoms with van der Waals surface area (Å²) in [6.07, 6.45) is 0. The zero-order valence-electron chi connectivity index (χ0n) is 11.7. The summed E-state index contributed by atoms with van der Waals surface area (Å²) >= 11 is 0. The predicted octanol–water partition coefficient (Wildman–Crippen LogP) is 1.44. The fourth-order valence-electron chi connectivity index (χ4n) is 2.16. The first kappa shape index (κ1) is 13.7. The van der Waals surface area contributed by atoms with Gasteiger partial charge in [0.1, 0.15) is 11.6 Å². The lowest BCUT2D eigenvalue weighted by Crippen LogP contribution is -2.20. The second-order valence-electron chi connectivity index (χ2n) is 4.11. The maximum Gasteiger partial charge on any atom is 0.268 e. The summed E-state index contributed by atoms with van der Waals surface area (Å²) in [7, 11) is 6.09. The highest BCUT2D eigenvalue weighted by Gasteiger charge is 2.19. The molecule has 0 unspecified atom stereocenters. The van der Waals surface area contributed by atoms with Crippen LogP contribution in [0.4, 0.5) is 0 Å². The number of fused-ring (bicyclic) bond motifs is 1. The fraction of sp³-hybridized carbons (Fsp3) is 0.286. The first-order chi connectivity index (χ1) is 9.58. The van der Waals surface area contributed by atoms with Crippen molar-refractivity contribution in [3.8, 4) is 23.3 Å². The second kappa shape index (κ2) is 5.13. The lowest BCUT2D eigenvalue weighted by Gasteiger charge is -2.16. The molecule has 0 fully saturated rings. The van der Waals surface area contributed by atoms with E-state index in [1.165, 1.54) is 32.0 Å². The van der Waals surface area contributed by atoms with E-state index in [1.807, 2.05) is 6.07 Å². The number of aryl methyl sites for hydroxylation is 1. The van der Waals surface area contributed by atoms with Gasteiger partial charge in [0.15, 0.2) is 11.5 Å². The van der Waals surface area contributed by atoms with Crippen molar-refractivity contribution in [1.82, 2.24) is 4.57 Å². The predicted molar refractivity (Wildman–Crippen MR) is 73.6 cm³/mol. The molecule has 0 saturated heterocycles.